The van der Waals surface area contributed by atoms with E-state index in [2.05, 4.69) is 5.92 Å². The van der Waals surface area contributed by atoms with Gasteiger partial charge in [-0.3, -0.25) is 4.79 Å². The van der Waals surface area contributed by atoms with Crippen molar-refractivity contribution >= 4 is 5.78 Å². The molecule has 11 heavy (non-hydrogen) atoms. The molecule has 1 unspecified atom stereocenters. The molecule has 0 heterocycles. The summed E-state index contributed by atoms with van der Waals surface area (Å²) in [6.07, 6.45) is 6.90. The number of hydrogen-bond acceptors (Lipinski definition) is 2. The molecular formula is C9H14O2. The first-order valence-electron chi connectivity index (χ1n) is 3.77. The van der Waals surface area contributed by atoms with Crippen LogP contribution in [0.4, 0.5) is 0 Å². The maximum Gasteiger partial charge on any atom is 0.133 e. The van der Waals surface area contributed by atoms with Crippen molar-refractivity contribution in [3.8, 4) is 12.3 Å². The number of hydrogen-bond donors (Lipinski definition) is 1. The number of Topliss-reactive ketones (excluding diaryl/α,β-unsaturated/α-hetero) is 1. The van der Waals surface area contributed by atoms with Crippen molar-refractivity contribution < 1.29 is 9.90 Å². The van der Waals surface area contributed by atoms with E-state index < -0.39 is 0 Å². The number of aliphatic hydroxyl groups is 1. The Morgan fingerprint density at radius 3 is 2.64 bits per heavy atom. The summed E-state index contributed by atoms with van der Waals surface area (Å²) in [6.45, 7) is 1.60. The number of carbonyl (C=O) groups is 1. The normalized spacial score (nSPS) is 12.1. The van der Waals surface area contributed by atoms with Gasteiger partial charge in [-0.05, 0) is 19.8 Å². The molecule has 0 fully saturated rings. The third kappa shape index (κ3) is 4.58. The fourth-order valence-corrected chi connectivity index (χ4v) is 0.964. The Morgan fingerprint density at radius 2 is 2.27 bits per heavy atom. The van der Waals surface area contributed by atoms with Gasteiger partial charge < -0.3 is 5.11 Å². The Balaban J connectivity index is 3.71. The minimum absolute atomic E-state index is 0.0453. The van der Waals surface area contributed by atoms with Crippen molar-refractivity contribution in [3.63, 3.8) is 0 Å². The summed E-state index contributed by atoms with van der Waals surface area (Å²) in [5.74, 6) is 2.55. The Labute approximate surface area is 67.6 Å². The standard InChI is InChI=1S/C9H14O2/c1-3-4-5-9(6-7-10)8(2)11/h1,9-10H,4-7H2,2H3. The van der Waals surface area contributed by atoms with Gasteiger partial charge in [-0.15, -0.1) is 12.3 Å². The first-order chi connectivity index (χ1) is 5.22. The van der Waals surface area contributed by atoms with Crippen molar-refractivity contribution in [2.24, 2.45) is 5.92 Å². The lowest BCUT2D eigenvalue weighted by molar-refractivity contribution is -0.121. The van der Waals surface area contributed by atoms with E-state index in [1.807, 2.05) is 0 Å². The van der Waals surface area contributed by atoms with Crippen molar-refractivity contribution in [1.29, 1.82) is 0 Å². The number of ketones is 1. The van der Waals surface area contributed by atoms with Crippen molar-refractivity contribution in [1.82, 2.24) is 0 Å². The van der Waals surface area contributed by atoms with Gasteiger partial charge in [0, 0.05) is 18.9 Å². The van der Waals surface area contributed by atoms with E-state index in [-0.39, 0.29) is 18.3 Å². The predicted molar refractivity (Wildman–Crippen MR) is 43.9 cm³/mol. The molecule has 2 heteroatoms. The summed E-state index contributed by atoms with van der Waals surface area (Å²) < 4.78 is 0. The Hall–Kier alpha value is -0.810. The Kier molecular flexibility index (Phi) is 5.50. The Morgan fingerprint density at radius 1 is 1.64 bits per heavy atom. The van der Waals surface area contributed by atoms with Gasteiger partial charge in [-0.25, -0.2) is 0 Å². The molecule has 62 valence electrons. The van der Waals surface area contributed by atoms with Crippen molar-refractivity contribution in [2.75, 3.05) is 6.61 Å². The lowest BCUT2D eigenvalue weighted by Gasteiger charge is -2.08. The number of carbonyl (C=O) groups excluding carboxylic acids is 1. The molecule has 2 nitrogen and oxygen atoms in total. The van der Waals surface area contributed by atoms with E-state index in [4.69, 9.17) is 11.5 Å². The molecule has 1 atom stereocenters. The van der Waals surface area contributed by atoms with Crippen LogP contribution in [0.2, 0.25) is 0 Å². The summed E-state index contributed by atoms with van der Waals surface area (Å²) in [6, 6.07) is 0. The average Bonchev–Trinajstić information content (AvgIpc) is 1.97. The van der Waals surface area contributed by atoms with Gasteiger partial charge in [-0.1, -0.05) is 0 Å². The van der Waals surface area contributed by atoms with Crippen LogP contribution in [0.15, 0.2) is 0 Å². The molecule has 1 N–H and O–H groups in total. The van der Waals surface area contributed by atoms with Crippen molar-refractivity contribution in [3.05, 3.63) is 0 Å². The summed E-state index contributed by atoms with van der Waals surface area (Å²) >= 11 is 0. The topological polar surface area (TPSA) is 37.3 Å². The lowest BCUT2D eigenvalue weighted by atomic mass is 9.96. The van der Waals surface area contributed by atoms with Crippen LogP contribution < -0.4 is 0 Å². The first-order valence-corrected chi connectivity index (χ1v) is 3.77. The van der Waals surface area contributed by atoms with Crippen LogP contribution >= 0.6 is 0 Å². The van der Waals surface area contributed by atoms with Crippen molar-refractivity contribution in [2.45, 2.75) is 26.2 Å². The van der Waals surface area contributed by atoms with Crippen LogP contribution in [0, 0.1) is 18.3 Å². The second kappa shape index (κ2) is 5.94. The fraction of sp³-hybridized carbons (Fsp3) is 0.667. The molecule has 0 aliphatic carbocycles. The smallest absolute Gasteiger partial charge is 0.133 e. The maximum atomic E-state index is 10.9. The molecule has 0 aromatic carbocycles. The zero-order valence-corrected chi connectivity index (χ0v) is 6.84. The number of terminal acetylenes is 1. The van der Waals surface area contributed by atoms with Crippen LogP contribution in [0.25, 0.3) is 0 Å². The van der Waals surface area contributed by atoms with Gasteiger partial charge in [0.05, 0.1) is 0 Å². The molecule has 0 radical (unpaired) electrons. The fourth-order valence-electron chi connectivity index (χ4n) is 0.964. The minimum atomic E-state index is -0.0453. The zero-order valence-electron chi connectivity index (χ0n) is 6.84. The van der Waals surface area contributed by atoms with E-state index >= 15 is 0 Å². The van der Waals surface area contributed by atoms with Gasteiger partial charge in [0.1, 0.15) is 5.78 Å². The quantitative estimate of drug-likeness (QED) is 0.599. The molecule has 0 saturated heterocycles. The average molecular weight is 154 g/mol. The Bertz CT molecular complexity index is 155. The minimum Gasteiger partial charge on any atom is -0.396 e. The second-order valence-electron chi connectivity index (χ2n) is 2.56. The van der Waals surface area contributed by atoms with Crippen LogP contribution in [0.1, 0.15) is 26.2 Å². The maximum absolute atomic E-state index is 10.9. The van der Waals surface area contributed by atoms with E-state index in [1.165, 1.54) is 6.92 Å². The zero-order chi connectivity index (χ0) is 8.69. The van der Waals surface area contributed by atoms with E-state index in [1.54, 1.807) is 0 Å². The van der Waals surface area contributed by atoms with E-state index in [9.17, 15) is 4.79 Å². The highest BCUT2D eigenvalue weighted by Gasteiger charge is 2.11. The molecule has 0 spiro atoms. The van der Waals surface area contributed by atoms with Gasteiger partial charge >= 0.3 is 0 Å². The lowest BCUT2D eigenvalue weighted by Crippen LogP contribution is -2.12. The summed E-state index contributed by atoms with van der Waals surface area (Å²) in [5.41, 5.74) is 0. The molecule has 0 saturated carbocycles. The highest BCUT2D eigenvalue weighted by molar-refractivity contribution is 5.78. The highest BCUT2D eigenvalue weighted by atomic mass is 16.3. The summed E-state index contributed by atoms with van der Waals surface area (Å²) in [7, 11) is 0. The largest absolute Gasteiger partial charge is 0.396 e. The molecule has 0 amide bonds. The molecule has 0 aromatic rings. The number of rotatable bonds is 5. The van der Waals surface area contributed by atoms with Gasteiger partial charge in [0.2, 0.25) is 0 Å². The van der Waals surface area contributed by atoms with Gasteiger partial charge in [0.25, 0.3) is 0 Å². The SMILES string of the molecule is C#CCCC(CCO)C(C)=O. The summed E-state index contributed by atoms with van der Waals surface area (Å²) in [4.78, 5) is 10.9. The summed E-state index contributed by atoms with van der Waals surface area (Å²) in [5, 5.41) is 8.58. The number of aliphatic hydroxyl groups excluding tert-OH is 1. The molecule has 0 aliphatic rings. The third-order valence-electron chi connectivity index (χ3n) is 1.69. The molecule has 0 bridgehead atoms. The molecule has 0 aromatic heterocycles. The van der Waals surface area contributed by atoms with E-state index in [0.29, 0.717) is 19.3 Å². The molecule has 0 rings (SSSR count). The van der Waals surface area contributed by atoms with Crippen LogP contribution in [-0.4, -0.2) is 17.5 Å². The van der Waals surface area contributed by atoms with Crippen LogP contribution in [0.3, 0.4) is 0 Å². The van der Waals surface area contributed by atoms with Gasteiger partial charge in [0.15, 0.2) is 0 Å². The van der Waals surface area contributed by atoms with Crippen LogP contribution in [0.5, 0.6) is 0 Å². The first kappa shape index (κ1) is 10.2. The monoisotopic (exact) mass is 154 g/mol. The molecular weight excluding hydrogens is 140 g/mol. The second-order valence-corrected chi connectivity index (χ2v) is 2.56. The van der Waals surface area contributed by atoms with Gasteiger partial charge in [-0.2, -0.15) is 0 Å². The highest BCUT2D eigenvalue weighted by Crippen LogP contribution is 2.11. The predicted octanol–water partition coefficient (Wildman–Crippen LogP) is 0.987. The van der Waals surface area contributed by atoms with Crippen LogP contribution in [-0.2, 0) is 4.79 Å². The van der Waals surface area contributed by atoms with E-state index in [0.717, 1.165) is 0 Å². The third-order valence-corrected chi connectivity index (χ3v) is 1.69. The molecule has 0 aliphatic heterocycles.